The minimum atomic E-state index is -0.381. The fourth-order valence-electron chi connectivity index (χ4n) is 2.64. The lowest BCUT2D eigenvalue weighted by atomic mass is 9.96. The van der Waals surface area contributed by atoms with Crippen molar-refractivity contribution in [3.8, 4) is 0 Å². The molecule has 0 aromatic heterocycles. The number of amides is 2. The summed E-state index contributed by atoms with van der Waals surface area (Å²) in [4.78, 5) is 25.9. The maximum Gasteiger partial charge on any atom is 0.225 e. The number of nitrogens with zero attached hydrogens (tertiary/aromatic N) is 1. The Morgan fingerprint density at radius 2 is 2.00 bits per heavy atom. The van der Waals surface area contributed by atoms with Gasteiger partial charge in [-0.2, -0.15) is 0 Å². The average Bonchev–Trinajstić information content (AvgIpc) is 2.88. The van der Waals surface area contributed by atoms with Gasteiger partial charge in [-0.1, -0.05) is 20.8 Å². The van der Waals surface area contributed by atoms with Crippen molar-refractivity contribution in [2.75, 3.05) is 19.7 Å². The average molecular weight is 298 g/mol. The van der Waals surface area contributed by atoms with Crippen LogP contribution in [-0.4, -0.2) is 47.6 Å². The van der Waals surface area contributed by atoms with Crippen LogP contribution in [0.4, 0.5) is 0 Å². The SMILES string of the molecule is CC(C)(C)C(=O)NCCCC(=O)N1CCCC1CCCO. The number of nitrogens with one attached hydrogen (secondary N) is 1. The van der Waals surface area contributed by atoms with Crippen molar-refractivity contribution >= 4 is 11.8 Å². The molecule has 122 valence electrons. The number of carbonyl (C=O) groups excluding carboxylic acids is 2. The molecule has 1 heterocycles. The van der Waals surface area contributed by atoms with Crippen LogP contribution in [0.25, 0.3) is 0 Å². The summed E-state index contributed by atoms with van der Waals surface area (Å²) in [5.74, 6) is 0.206. The van der Waals surface area contributed by atoms with E-state index in [9.17, 15) is 9.59 Å². The zero-order valence-electron chi connectivity index (χ0n) is 13.7. The largest absolute Gasteiger partial charge is 0.396 e. The molecule has 5 nitrogen and oxygen atoms in total. The van der Waals surface area contributed by atoms with E-state index in [2.05, 4.69) is 5.32 Å². The van der Waals surface area contributed by atoms with Gasteiger partial charge in [0.25, 0.3) is 0 Å². The van der Waals surface area contributed by atoms with Crippen LogP contribution in [0.5, 0.6) is 0 Å². The third-order valence-corrected chi connectivity index (χ3v) is 3.93. The van der Waals surface area contributed by atoms with E-state index >= 15 is 0 Å². The number of likely N-dealkylation sites (tertiary alicyclic amines) is 1. The molecule has 1 unspecified atom stereocenters. The van der Waals surface area contributed by atoms with Gasteiger partial charge in [-0.05, 0) is 32.1 Å². The zero-order valence-corrected chi connectivity index (χ0v) is 13.7. The lowest BCUT2D eigenvalue weighted by Gasteiger charge is -2.25. The van der Waals surface area contributed by atoms with Crippen LogP contribution in [-0.2, 0) is 9.59 Å². The first-order valence-corrected chi connectivity index (χ1v) is 8.05. The van der Waals surface area contributed by atoms with Gasteiger partial charge in [-0.15, -0.1) is 0 Å². The molecule has 1 saturated heterocycles. The molecule has 5 heteroatoms. The van der Waals surface area contributed by atoms with E-state index in [4.69, 9.17) is 5.11 Å². The third-order valence-electron chi connectivity index (χ3n) is 3.93. The molecule has 21 heavy (non-hydrogen) atoms. The maximum absolute atomic E-state index is 12.2. The molecular weight excluding hydrogens is 268 g/mol. The van der Waals surface area contributed by atoms with Gasteiger partial charge >= 0.3 is 0 Å². The number of aliphatic hydroxyl groups is 1. The summed E-state index contributed by atoms with van der Waals surface area (Å²) in [5.41, 5.74) is -0.381. The predicted octanol–water partition coefficient (Wildman–Crippen LogP) is 1.69. The first kappa shape index (κ1) is 18.0. The Kier molecular flexibility index (Phi) is 7.15. The number of carbonyl (C=O) groups is 2. The number of rotatable bonds is 7. The Hall–Kier alpha value is -1.10. The minimum absolute atomic E-state index is 0.0249. The Morgan fingerprint density at radius 3 is 2.62 bits per heavy atom. The summed E-state index contributed by atoms with van der Waals surface area (Å²) >= 11 is 0. The Bertz CT molecular complexity index is 350. The van der Waals surface area contributed by atoms with Gasteiger partial charge in [-0.25, -0.2) is 0 Å². The predicted molar refractivity (Wildman–Crippen MR) is 82.8 cm³/mol. The Balaban J connectivity index is 2.25. The second-order valence-electron chi connectivity index (χ2n) is 6.86. The summed E-state index contributed by atoms with van der Waals surface area (Å²) in [6.45, 7) is 7.22. The lowest BCUT2D eigenvalue weighted by molar-refractivity contribution is -0.133. The monoisotopic (exact) mass is 298 g/mol. The van der Waals surface area contributed by atoms with Crippen LogP contribution in [0.2, 0.25) is 0 Å². The van der Waals surface area contributed by atoms with Crippen molar-refractivity contribution in [2.45, 2.75) is 65.3 Å². The topological polar surface area (TPSA) is 69.6 Å². The smallest absolute Gasteiger partial charge is 0.225 e. The van der Waals surface area contributed by atoms with Crippen molar-refractivity contribution in [1.82, 2.24) is 10.2 Å². The van der Waals surface area contributed by atoms with Gasteiger partial charge in [0.15, 0.2) is 0 Å². The summed E-state index contributed by atoms with van der Waals surface area (Å²) in [6, 6.07) is 0.300. The highest BCUT2D eigenvalue weighted by Gasteiger charge is 2.27. The molecule has 1 fully saturated rings. The van der Waals surface area contributed by atoms with Crippen LogP contribution in [0.3, 0.4) is 0 Å². The molecule has 0 aromatic carbocycles. The van der Waals surface area contributed by atoms with E-state index in [-0.39, 0.29) is 23.8 Å². The highest BCUT2D eigenvalue weighted by atomic mass is 16.3. The summed E-state index contributed by atoms with van der Waals surface area (Å²) < 4.78 is 0. The third kappa shape index (κ3) is 6.04. The molecule has 0 bridgehead atoms. The second-order valence-corrected chi connectivity index (χ2v) is 6.86. The molecule has 0 radical (unpaired) electrons. The van der Waals surface area contributed by atoms with Crippen LogP contribution in [0, 0.1) is 5.41 Å². The van der Waals surface area contributed by atoms with E-state index in [0.29, 0.717) is 25.4 Å². The normalized spacial score (nSPS) is 18.9. The molecule has 2 amide bonds. The van der Waals surface area contributed by atoms with Gasteiger partial charge in [0.1, 0.15) is 0 Å². The van der Waals surface area contributed by atoms with E-state index in [1.54, 1.807) is 0 Å². The Labute approximate surface area is 128 Å². The standard InChI is InChI=1S/C16H30N2O3/c1-16(2,3)15(21)17-10-4-9-14(20)18-11-5-7-13(18)8-6-12-19/h13,19H,4-12H2,1-3H3,(H,17,21). The van der Waals surface area contributed by atoms with Crippen LogP contribution in [0.1, 0.15) is 59.3 Å². The van der Waals surface area contributed by atoms with E-state index in [1.165, 1.54) is 0 Å². The number of aliphatic hydroxyl groups excluding tert-OH is 1. The van der Waals surface area contributed by atoms with Crippen LogP contribution in [0.15, 0.2) is 0 Å². The van der Waals surface area contributed by atoms with E-state index in [0.717, 1.165) is 32.2 Å². The zero-order chi connectivity index (χ0) is 15.9. The van der Waals surface area contributed by atoms with Crippen molar-refractivity contribution in [1.29, 1.82) is 0 Å². The number of hydrogen-bond acceptors (Lipinski definition) is 3. The molecule has 2 N–H and O–H groups in total. The van der Waals surface area contributed by atoms with Crippen molar-refractivity contribution in [2.24, 2.45) is 5.41 Å². The molecule has 0 aliphatic carbocycles. The molecule has 0 spiro atoms. The van der Waals surface area contributed by atoms with Crippen molar-refractivity contribution in [3.05, 3.63) is 0 Å². The number of hydrogen-bond donors (Lipinski definition) is 2. The fraction of sp³-hybridized carbons (Fsp3) is 0.875. The minimum Gasteiger partial charge on any atom is -0.396 e. The van der Waals surface area contributed by atoms with Crippen LogP contribution >= 0.6 is 0 Å². The maximum atomic E-state index is 12.2. The molecule has 1 aliphatic rings. The molecular formula is C16H30N2O3. The Morgan fingerprint density at radius 1 is 1.29 bits per heavy atom. The highest BCUT2D eigenvalue weighted by molar-refractivity contribution is 5.81. The molecule has 1 aliphatic heterocycles. The van der Waals surface area contributed by atoms with Crippen molar-refractivity contribution in [3.63, 3.8) is 0 Å². The van der Waals surface area contributed by atoms with Crippen LogP contribution < -0.4 is 5.32 Å². The molecule has 1 rings (SSSR count). The van der Waals surface area contributed by atoms with Gasteiger partial charge in [0, 0.05) is 37.6 Å². The fourth-order valence-corrected chi connectivity index (χ4v) is 2.64. The summed E-state index contributed by atoms with van der Waals surface area (Å²) in [7, 11) is 0. The molecule has 0 aromatic rings. The van der Waals surface area contributed by atoms with Crippen molar-refractivity contribution < 1.29 is 14.7 Å². The highest BCUT2D eigenvalue weighted by Crippen LogP contribution is 2.22. The lowest BCUT2D eigenvalue weighted by Crippen LogP contribution is -2.37. The van der Waals surface area contributed by atoms with E-state index in [1.807, 2.05) is 25.7 Å². The van der Waals surface area contributed by atoms with E-state index < -0.39 is 0 Å². The van der Waals surface area contributed by atoms with Gasteiger partial charge in [0.05, 0.1) is 0 Å². The van der Waals surface area contributed by atoms with Gasteiger partial charge in [-0.3, -0.25) is 9.59 Å². The van der Waals surface area contributed by atoms with Gasteiger partial charge in [0.2, 0.25) is 11.8 Å². The first-order chi connectivity index (χ1) is 9.86. The molecule has 0 saturated carbocycles. The summed E-state index contributed by atoms with van der Waals surface area (Å²) in [6.07, 6.45) is 4.93. The second kappa shape index (κ2) is 8.37. The van der Waals surface area contributed by atoms with Gasteiger partial charge < -0.3 is 15.3 Å². The summed E-state index contributed by atoms with van der Waals surface area (Å²) in [5, 5.41) is 11.8. The quantitative estimate of drug-likeness (QED) is 0.703. The first-order valence-electron chi connectivity index (χ1n) is 8.05. The molecule has 1 atom stereocenters.